The number of H-pyrrole nitrogens is 1. The average Bonchev–Trinajstić information content (AvgIpc) is 3.30. The van der Waals surface area contributed by atoms with E-state index in [2.05, 4.69) is 58.3 Å². The SMILES string of the molecule is C[N+]1(c2ccccn2)CCC([N+]2(C=O)CCc3[nH]c(N4CCOCC4)nc3-c3ccccc32)CC1. The molecule has 3 aromatic rings. The number of hydrogen-bond acceptors (Lipinski definition) is 5. The number of carbonyl (C=O) groups is 1. The Morgan fingerprint density at radius 2 is 1.83 bits per heavy atom. The first-order chi connectivity index (χ1) is 17.1. The van der Waals surface area contributed by atoms with Crippen molar-refractivity contribution in [3.63, 3.8) is 0 Å². The third-order valence-electron chi connectivity index (χ3n) is 8.37. The Labute approximate surface area is 206 Å². The number of quaternary nitrogens is 2. The number of nitrogens with one attached hydrogen (secondary N) is 1. The monoisotopic (exact) mass is 474 g/mol. The topological polar surface area (TPSA) is 71.1 Å². The van der Waals surface area contributed by atoms with Gasteiger partial charge in [-0.05, 0) is 12.1 Å². The highest BCUT2D eigenvalue weighted by Crippen LogP contribution is 2.43. The van der Waals surface area contributed by atoms with Crippen molar-refractivity contribution in [3.8, 4) is 11.3 Å². The Morgan fingerprint density at radius 1 is 1.06 bits per heavy atom. The molecule has 0 radical (unpaired) electrons. The molecule has 1 aromatic carbocycles. The molecular weight excluding hydrogens is 440 g/mol. The van der Waals surface area contributed by atoms with Gasteiger partial charge in [-0.25, -0.2) is 19.2 Å². The number of aromatic amines is 1. The van der Waals surface area contributed by atoms with E-state index >= 15 is 0 Å². The molecule has 2 aromatic heterocycles. The second-order valence-electron chi connectivity index (χ2n) is 10.3. The standard InChI is InChI=1S/C27H34N6O2/c1-32(25-8-4-5-12-28-25)15-9-21(10-16-32)33(20-34)17-11-23-26(22-6-2-3-7-24(22)33)30-27(29-23)31-13-18-35-19-14-31/h2-8,12,20-21H,9-11,13-19H2,1H3,(H,29,30)/q+2. The van der Waals surface area contributed by atoms with E-state index in [9.17, 15) is 4.79 Å². The summed E-state index contributed by atoms with van der Waals surface area (Å²) in [7, 11) is 2.27. The van der Waals surface area contributed by atoms with Crippen LogP contribution in [0, 0.1) is 0 Å². The van der Waals surface area contributed by atoms with E-state index < -0.39 is 0 Å². The normalized spacial score (nSPS) is 28.6. The van der Waals surface area contributed by atoms with Crippen molar-refractivity contribution in [3.05, 3.63) is 54.4 Å². The van der Waals surface area contributed by atoms with Gasteiger partial charge >= 0.3 is 6.41 Å². The predicted molar refractivity (Wildman–Crippen MR) is 138 cm³/mol. The van der Waals surface area contributed by atoms with Crippen LogP contribution in [0.15, 0.2) is 48.7 Å². The summed E-state index contributed by atoms with van der Waals surface area (Å²) in [4.78, 5) is 28.6. The van der Waals surface area contributed by atoms with Crippen LogP contribution in [0.4, 0.5) is 17.5 Å². The van der Waals surface area contributed by atoms with E-state index in [-0.39, 0.29) is 6.04 Å². The lowest BCUT2D eigenvalue weighted by atomic mass is 9.96. The summed E-state index contributed by atoms with van der Waals surface area (Å²) in [5.74, 6) is 2.02. The number of anilines is 1. The minimum Gasteiger partial charge on any atom is -0.378 e. The van der Waals surface area contributed by atoms with Crippen LogP contribution in [0.2, 0.25) is 0 Å². The zero-order valence-electron chi connectivity index (χ0n) is 20.4. The molecule has 8 heteroatoms. The number of nitrogens with zero attached hydrogens (tertiary/aromatic N) is 5. The fourth-order valence-corrected chi connectivity index (χ4v) is 6.24. The molecule has 5 heterocycles. The van der Waals surface area contributed by atoms with E-state index in [1.165, 1.54) is 6.41 Å². The molecule has 3 aliphatic rings. The van der Waals surface area contributed by atoms with Gasteiger partial charge in [0.2, 0.25) is 11.8 Å². The number of ether oxygens (including phenoxy) is 1. The van der Waals surface area contributed by atoms with Gasteiger partial charge in [0, 0.05) is 37.8 Å². The Hall–Kier alpha value is -3.07. The molecule has 3 aliphatic heterocycles. The third kappa shape index (κ3) is 3.76. The largest absolute Gasteiger partial charge is 0.378 e. The third-order valence-corrected chi connectivity index (χ3v) is 8.37. The second kappa shape index (κ2) is 8.86. The molecule has 8 nitrogen and oxygen atoms in total. The number of likely N-dealkylation sites (tertiary alicyclic amines) is 1. The molecule has 35 heavy (non-hydrogen) atoms. The number of amides is 1. The van der Waals surface area contributed by atoms with E-state index in [0.29, 0.717) is 4.48 Å². The maximum Gasteiger partial charge on any atom is 0.306 e. The van der Waals surface area contributed by atoms with E-state index in [0.717, 1.165) is 104 Å². The number of fused-ring (bicyclic) bond motifs is 3. The summed E-state index contributed by atoms with van der Waals surface area (Å²) in [5, 5.41) is 0. The second-order valence-corrected chi connectivity index (χ2v) is 10.3. The van der Waals surface area contributed by atoms with Crippen LogP contribution in [0.5, 0.6) is 0 Å². The van der Waals surface area contributed by atoms with Crippen LogP contribution < -0.4 is 13.9 Å². The molecule has 2 fully saturated rings. The molecule has 182 valence electrons. The van der Waals surface area contributed by atoms with Crippen LogP contribution in [-0.2, 0) is 16.0 Å². The number of pyridine rings is 1. The quantitative estimate of drug-likeness (QED) is 0.465. The van der Waals surface area contributed by atoms with Crippen molar-refractivity contribution in [2.24, 2.45) is 0 Å². The van der Waals surface area contributed by atoms with Gasteiger partial charge in [0.05, 0.1) is 69.7 Å². The van der Waals surface area contributed by atoms with Crippen LogP contribution in [-0.4, -0.2) is 80.4 Å². The smallest absolute Gasteiger partial charge is 0.306 e. The van der Waals surface area contributed by atoms with Crippen molar-refractivity contribution in [1.29, 1.82) is 0 Å². The number of para-hydroxylation sites is 1. The van der Waals surface area contributed by atoms with Gasteiger partial charge in [-0.1, -0.05) is 18.2 Å². The Kier molecular flexibility index (Phi) is 5.67. The van der Waals surface area contributed by atoms with Gasteiger partial charge in [0.15, 0.2) is 0 Å². The van der Waals surface area contributed by atoms with Gasteiger partial charge in [-0.2, -0.15) is 0 Å². The molecule has 0 bridgehead atoms. The van der Waals surface area contributed by atoms with Gasteiger partial charge in [-0.3, -0.25) is 4.48 Å². The number of carbonyl (C=O) groups excluding carboxylic acids is 1. The summed E-state index contributed by atoms with van der Waals surface area (Å²) in [6.07, 6.45) is 5.82. The van der Waals surface area contributed by atoms with Crippen molar-refractivity contribution in [2.45, 2.75) is 25.3 Å². The lowest BCUT2D eigenvalue weighted by molar-refractivity contribution is -0.120. The zero-order valence-corrected chi connectivity index (χ0v) is 20.4. The van der Waals surface area contributed by atoms with Gasteiger partial charge in [-0.15, -0.1) is 0 Å². The van der Waals surface area contributed by atoms with E-state index in [4.69, 9.17) is 9.72 Å². The first kappa shape index (κ1) is 22.4. The number of aromatic nitrogens is 3. The molecule has 0 saturated carbocycles. The highest BCUT2D eigenvalue weighted by molar-refractivity contribution is 5.85. The summed E-state index contributed by atoms with van der Waals surface area (Å²) in [6, 6.07) is 14.8. The van der Waals surface area contributed by atoms with E-state index in [1.54, 1.807) is 0 Å². The van der Waals surface area contributed by atoms with Gasteiger partial charge in [0.1, 0.15) is 11.7 Å². The summed E-state index contributed by atoms with van der Waals surface area (Å²) < 4.78 is 6.71. The van der Waals surface area contributed by atoms with Crippen LogP contribution >= 0.6 is 0 Å². The summed E-state index contributed by atoms with van der Waals surface area (Å²) >= 11 is 0. The van der Waals surface area contributed by atoms with Crippen molar-refractivity contribution in [1.82, 2.24) is 23.9 Å². The Bertz CT molecular complexity index is 1200. The molecule has 0 aliphatic carbocycles. The molecule has 1 atom stereocenters. The molecule has 0 spiro atoms. The molecule has 1 amide bonds. The first-order valence-corrected chi connectivity index (χ1v) is 12.7. The fourth-order valence-electron chi connectivity index (χ4n) is 6.24. The maximum absolute atomic E-state index is 13.0. The molecule has 6 rings (SSSR count). The number of imidazole rings is 1. The molecular formula is C27H34N6O2+2. The highest BCUT2D eigenvalue weighted by Gasteiger charge is 2.48. The Morgan fingerprint density at radius 3 is 2.57 bits per heavy atom. The predicted octanol–water partition coefficient (Wildman–Crippen LogP) is 3.13. The minimum atomic E-state index is 0.242. The lowest BCUT2D eigenvalue weighted by Crippen LogP contribution is -2.63. The average molecular weight is 475 g/mol. The number of benzene rings is 1. The molecule has 1 unspecified atom stereocenters. The zero-order chi connectivity index (χ0) is 23.9. The van der Waals surface area contributed by atoms with Gasteiger partial charge < -0.3 is 14.6 Å². The molecule has 1 N–H and O–H groups in total. The lowest BCUT2D eigenvalue weighted by Gasteiger charge is -2.45. The van der Waals surface area contributed by atoms with Crippen molar-refractivity contribution < 1.29 is 9.53 Å². The van der Waals surface area contributed by atoms with Crippen molar-refractivity contribution in [2.75, 3.05) is 57.9 Å². The molecule has 2 saturated heterocycles. The summed E-state index contributed by atoms with van der Waals surface area (Å²) in [5.41, 5.74) is 4.29. The summed E-state index contributed by atoms with van der Waals surface area (Å²) in [6.45, 7) is 5.84. The number of hydrogen-bond donors (Lipinski definition) is 1. The van der Waals surface area contributed by atoms with Crippen LogP contribution in [0.1, 0.15) is 18.5 Å². The Balaban J connectivity index is 1.33. The van der Waals surface area contributed by atoms with E-state index in [1.807, 2.05) is 12.3 Å². The van der Waals surface area contributed by atoms with Gasteiger partial charge in [0.25, 0.3) is 0 Å². The first-order valence-electron chi connectivity index (χ1n) is 12.7. The minimum absolute atomic E-state index is 0.242. The number of rotatable bonds is 4. The maximum atomic E-state index is 13.0. The van der Waals surface area contributed by atoms with Crippen LogP contribution in [0.3, 0.4) is 0 Å². The van der Waals surface area contributed by atoms with Crippen LogP contribution in [0.25, 0.3) is 11.3 Å². The number of morpholine rings is 1. The fraction of sp³-hybridized carbons (Fsp3) is 0.444. The highest BCUT2D eigenvalue weighted by atomic mass is 16.5. The van der Waals surface area contributed by atoms with Crippen molar-refractivity contribution >= 4 is 23.9 Å². The number of piperidine rings is 1.